The molecule has 1 aromatic heterocycles. The van der Waals surface area contributed by atoms with Gasteiger partial charge >= 0.3 is 5.97 Å². The molecule has 1 rings (SSSR count). The van der Waals surface area contributed by atoms with Crippen LogP contribution in [0, 0.1) is 0 Å². The topological polar surface area (TPSA) is 56.1 Å². The zero-order valence-electron chi connectivity index (χ0n) is 7.07. The van der Waals surface area contributed by atoms with Gasteiger partial charge in [-0.05, 0) is 0 Å². The molecule has 1 N–H and O–H groups in total. The Labute approximate surface area is 70.3 Å². The number of anilines is 1. The number of nitrogens with zero attached hydrogens (tertiary/aromatic N) is 2. The number of hydrogen-bond donors (Lipinski definition) is 1. The van der Waals surface area contributed by atoms with Crippen molar-refractivity contribution in [3.63, 3.8) is 0 Å². The van der Waals surface area contributed by atoms with Gasteiger partial charge in [0.2, 0.25) is 0 Å². The maximum atomic E-state index is 10.7. The number of carbonyl (C=O) groups is 1. The Hall–Kier alpha value is -1.52. The number of hydrogen-bond acceptors (Lipinski definition) is 4. The second-order valence-corrected chi connectivity index (χ2v) is 2.30. The first-order valence-electron chi connectivity index (χ1n) is 3.52. The minimum absolute atomic E-state index is 0.146. The lowest BCUT2D eigenvalue weighted by Crippen LogP contribution is -2.15. The number of nitrogens with one attached hydrogen (secondary N) is 1. The van der Waals surface area contributed by atoms with E-state index in [1.165, 1.54) is 7.11 Å². The van der Waals surface area contributed by atoms with Crippen LogP contribution < -0.4 is 5.32 Å². The van der Waals surface area contributed by atoms with Crippen molar-refractivity contribution in [2.24, 2.45) is 7.05 Å². The molecule has 5 heteroatoms. The Bertz CT molecular complexity index is 269. The van der Waals surface area contributed by atoms with Crippen LogP contribution in [-0.4, -0.2) is 29.4 Å². The quantitative estimate of drug-likeness (QED) is 0.647. The molecule has 0 radical (unpaired) electrons. The molecule has 1 heterocycles. The fourth-order valence-electron chi connectivity index (χ4n) is 0.744. The molecule has 0 bridgehead atoms. The van der Waals surface area contributed by atoms with Crippen molar-refractivity contribution < 1.29 is 9.53 Å². The predicted molar refractivity (Wildman–Crippen MR) is 43.7 cm³/mol. The molecule has 5 nitrogen and oxygen atoms in total. The number of carbonyl (C=O) groups excluding carboxylic acids is 1. The molecule has 0 saturated carbocycles. The first-order chi connectivity index (χ1) is 5.72. The average molecular weight is 169 g/mol. The molecule has 0 saturated heterocycles. The van der Waals surface area contributed by atoms with E-state index in [0.717, 1.165) is 0 Å². The van der Waals surface area contributed by atoms with Crippen LogP contribution in [0.5, 0.6) is 0 Å². The second kappa shape index (κ2) is 3.75. The van der Waals surface area contributed by atoms with Gasteiger partial charge < -0.3 is 10.1 Å². The SMILES string of the molecule is COC(=O)CNc1ccn(C)n1. The van der Waals surface area contributed by atoms with E-state index in [9.17, 15) is 4.79 Å². The van der Waals surface area contributed by atoms with Gasteiger partial charge in [0, 0.05) is 19.3 Å². The number of aromatic nitrogens is 2. The summed E-state index contributed by atoms with van der Waals surface area (Å²) >= 11 is 0. The van der Waals surface area contributed by atoms with Crippen molar-refractivity contribution in [2.75, 3.05) is 19.0 Å². The standard InChI is InChI=1S/C7H11N3O2/c1-10-4-3-6(9-10)8-5-7(11)12-2/h3-4H,5H2,1-2H3,(H,8,9). The third kappa shape index (κ3) is 2.26. The minimum Gasteiger partial charge on any atom is -0.468 e. The van der Waals surface area contributed by atoms with Crippen molar-refractivity contribution in [1.82, 2.24) is 9.78 Å². The highest BCUT2D eigenvalue weighted by atomic mass is 16.5. The average Bonchev–Trinajstić information content (AvgIpc) is 2.47. The molecule has 0 aliphatic rings. The molecule has 0 aliphatic carbocycles. The largest absolute Gasteiger partial charge is 0.468 e. The van der Waals surface area contributed by atoms with E-state index in [2.05, 4.69) is 15.2 Å². The predicted octanol–water partition coefficient (Wildman–Crippen LogP) is 0.00500. The first kappa shape index (κ1) is 8.58. The Morgan fingerprint density at radius 1 is 1.83 bits per heavy atom. The maximum absolute atomic E-state index is 10.7. The molecule has 0 unspecified atom stereocenters. The number of rotatable bonds is 3. The van der Waals surface area contributed by atoms with Gasteiger partial charge in [0.1, 0.15) is 12.4 Å². The van der Waals surface area contributed by atoms with Gasteiger partial charge in [0.25, 0.3) is 0 Å². The lowest BCUT2D eigenvalue weighted by Gasteiger charge is -1.99. The van der Waals surface area contributed by atoms with Gasteiger partial charge in [-0.15, -0.1) is 0 Å². The number of methoxy groups -OCH3 is 1. The highest BCUT2D eigenvalue weighted by molar-refractivity contribution is 5.74. The monoisotopic (exact) mass is 169 g/mol. The smallest absolute Gasteiger partial charge is 0.325 e. The Kier molecular flexibility index (Phi) is 2.68. The van der Waals surface area contributed by atoms with Gasteiger partial charge in [-0.3, -0.25) is 9.48 Å². The number of ether oxygens (including phenoxy) is 1. The van der Waals surface area contributed by atoms with E-state index in [4.69, 9.17) is 0 Å². The molecule has 66 valence electrons. The molecule has 0 aliphatic heterocycles. The van der Waals surface area contributed by atoms with Crippen LogP contribution in [0.4, 0.5) is 5.82 Å². The normalized spacial score (nSPS) is 9.50. The van der Waals surface area contributed by atoms with Crippen LogP contribution in [0.1, 0.15) is 0 Å². The lowest BCUT2D eigenvalue weighted by molar-refractivity contribution is -0.138. The van der Waals surface area contributed by atoms with E-state index < -0.39 is 0 Å². The molecule has 0 atom stereocenters. The van der Waals surface area contributed by atoms with E-state index >= 15 is 0 Å². The van der Waals surface area contributed by atoms with Gasteiger partial charge in [-0.1, -0.05) is 0 Å². The lowest BCUT2D eigenvalue weighted by atomic mass is 10.6. The van der Waals surface area contributed by atoms with Gasteiger partial charge in [-0.25, -0.2) is 0 Å². The highest BCUT2D eigenvalue weighted by Gasteiger charge is 2.00. The molecule has 0 spiro atoms. The van der Waals surface area contributed by atoms with E-state index in [1.54, 1.807) is 16.9 Å². The fourth-order valence-corrected chi connectivity index (χ4v) is 0.744. The summed E-state index contributed by atoms with van der Waals surface area (Å²) in [6.45, 7) is 0.146. The van der Waals surface area contributed by atoms with Crippen LogP contribution in [0.25, 0.3) is 0 Å². The Morgan fingerprint density at radius 2 is 2.58 bits per heavy atom. The summed E-state index contributed by atoms with van der Waals surface area (Å²) in [7, 11) is 3.16. The summed E-state index contributed by atoms with van der Waals surface area (Å²) in [5.41, 5.74) is 0. The van der Waals surface area contributed by atoms with Crippen LogP contribution >= 0.6 is 0 Å². The molecular formula is C7H11N3O2. The number of esters is 1. The first-order valence-corrected chi connectivity index (χ1v) is 3.52. The summed E-state index contributed by atoms with van der Waals surface area (Å²) in [6, 6.07) is 1.78. The minimum atomic E-state index is -0.305. The van der Waals surface area contributed by atoms with Crippen LogP contribution in [-0.2, 0) is 16.6 Å². The van der Waals surface area contributed by atoms with E-state index in [0.29, 0.717) is 5.82 Å². The number of aryl methyl sites for hydroxylation is 1. The van der Waals surface area contributed by atoms with Gasteiger partial charge in [0.05, 0.1) is 7.11 Å². The van der Waals surface area contributed by atoms with E-state index in [1.807, 2.05) is 7.05 Å². The molecule has 12 heavy (non-hydrogen) atoms. The van der Waals surface area contributed by atoms with Gasteiger partial charge in [-0.2, -0.15) is 5.10 Å². The summed E-state index contributed by atoms with van der Waals surface area (Å²) in [4.78, 5) is 10.7. The fraction of sp³-hybridized carbons (Fsp3) is 0.429. The summed E-state index contributed by atoms with van der Waals surface area (Å²) in [6.07, 6.45) is 1.79. The summed E-state index contributed by atoms with van der Waals surface area (Å²) < 4.78 is 6.10. The van der Waals surface area contributed by atoms with E-state index in [-0.39, 0.29) is 12.5 Å². The molecule has 0 aromatic carbocycles. The van der Waals surface area contributed by atoms with Crippen molar-refractivity contribution in [3.8, 4) is 0 Å². The zero-order chi connectivity index (χ0) is 8.97. The highest BCUT2D eigenvalue weighted by Crippen LogP contribution is 1.99. The molecule has 1 aromatic rings. The zero-order valence-corrected chi connectivity index (χ0v) is 7.07. The van der Waals surface area contributed by atoms with Crippen molar-refractivity contribution in [3.05, 3.63) is 12.3 Å². The van der Waals surface area contributed by atoms with Crippen LogP contribution in [0.2, 0.25) is 0 Å². The summed E-state index contributed by atoms with van der Waals surface area (Å²) in [5.74, 6) is 0.364. The van der Waals surface area contributed by atoms with Crippen molar-refractivity contribution >= 4 is 11.8 Å². The third-order valence-corrected chi connectivity index (χ3v) is 1.36. The Morgan fingerprint density at radius 3 is 3.08 bits per heavy atom. The second-order valence-electron chi connectivity index (χ2n) is 2.30. The molecule has 0 fully saturated rings. The van der Waals surface area contributed by atoms with Crippen molar-refractivity contribution in [1.29, 1.82) is 0 Å². The molecule has 0 amide bonds. The molecular weight excluding hydrogens is 158 g/mol. The van der Waals surface area contributed by atoms with Crippen LogP contribution in [0.3, 0.4) is 0 Å². The van der Waals surface area contributed by atoms with Crippen LogP contribution in [0.15, 0.2) is 12.3 Å². The van der Waals surface area contributed by atoms with Crippen molar-refractivity contribution in [2.45, 2.75) is 0 Å². The van der Waals surface area contributed by atoms with Gasteiger partial charge in [0.15, 0.2) is 0 Å². The maximum Gasteiger partial charge on any atom is 0.325 e. The summed E-state index contributed by atoms with van der Waals surface area (Å²) in [5, 5.41) is 6.82. The third-order valence-electron chi connectivity index (χ3n) is 1.36. The Balaban J connectivity index is 2.38.